The molecule has 0 bridgehead atoms. The lowest BCUT2D eigenvalue weighted by Gasteiger charge is -2.29. The first kappa shape index (κ1) is 19.5. The summed E-state index contributed by atoms with van der Waals surface area (Å²) >= 11 is 5.98. The predicted octanol–water partition coefficient (Wildman–Crippen LogP) is 3.56. The number of nitrogens with zero attached hydrogens (tertiary/aromatic N) is 2. The number of carbonyl (C=O) groups is 1. The summed E-state index contributed by atoms with van der Waals surface area (Å²) in [4.78, 5) is 16.3. The zero-order chi connectivity index (χ0) is 19.1. The number of amides is 2. The molecule has 0 atom stereocenters. The van der Waals surface area contributed by atoms with Gasteiger partial charge in [0.25, 0.3) is 0 Å². The van der Waals surface area contributed by atoms with Crippen molar-refractivity contribution in [3.8, 4) is 0 Å². The van der Waals surface area contributed by atoms with Crippen LogP contribution in [-0.4, -0.2) is 50.8 Å². The highest BCUT2D eigenvalue weighted by Crippen LogP contribution is 2.17. The average Bonchev–Trinajstić information content (AvgIpc) is 2.69. The van der Waals surface area contributed by atoms with Crippen molar-refractivity contribution in [1.82, 2.24) is 10.2 Å². The Bertz CT molecular complexity index is 745. The minimum Gasteiger partial charge on any atom is -0.378 e. The van der Waals surface area contributed by atoms with E-state index in [1.165, 1.54) is 5.69 Å². The smallest absolute Gasteiger partial charge is 0.317 e. The van der Waals surface area contributed by atoms with Gasteiger partial charge in [0.05, 0.1) is 13.2 Å². The Morgan fingerprint density at radius 3 is 2.59 bits per heavy atom. The van der Waals surface area contributed by atoms with Crippen molar-refractivity contribution in [3.05, 3.63) is 64.7 Å². The summed E-state index contributed by atoms with van der Waals surface area (Å²) in [5.74, 6) is 0. The summed E-state index contributed by atoms with van der Waals surface area (Å²) in [6.07, 6.45) is 0.758. The fourth-order valence-corrected chi connectivity index (χ4v) is 3.33. The van der Waals surface area contributed by atoms with E-state index in [9.17, 15) is 4.79 Å². The third-order valence-electron chi connectivity index (χ3n) is 4.66. The maximum absolute atomic E-state index is 12.3. The molecule has 0 aromatic heterocycles. The van der Waals surface area contributed by atoms with E-state index < -0.39 is 0 Å². The fourth-order valence-electron chi connectivity index (χ4n) is 3.12. The standard InChI is InChI=1S/C21H26ClN3O2/c1-24(21(26)23-10-9-17-3-2-4-19(22)15-17)16-18-5-7-20(8-6-18)25-11-13-27-14-12-25/h2-8,15H,9-14,16H2,1H3,(H,23,26). The number of hydrogen-bond acceptors (Lipinski definition) is 3. The van der Waals surface area contributed by atoms with E-state index in [1.807, 2.05) is 31.3 Å². The Morgan fingerprint density at radius 1 is 1.15 bits per heavy atom. The highest BCUT2D eigenvalue weighted by molar-refractivity contribution is 6.30. The lowest BCUT2D eigenvalue weighted by Crippen LogP contribution is -2.38. The van der Waals surface area contributed by atoms with Crippen LogP contribution in [0.5, 0.6) is 0 Å². The minimum atomic E-state index is -0.0747. The number of hydrogen-bond donors (Lipinski definition) is 1. The molecule has 0 unspecified atom stereocenters. The van der Waals surface area contributed by atoms with Gasteiger partial charge in [0.1, 0.15) is 0 Å². The van der Waals surface area contributed by atoms with Gasteiger partial charge >= 0.3 is 6.03 Å². The molecule has 2 amide bonds. The van der Waals surface area contributed by atoms with Gasteiger partial charge < -0.3 is 19.9 Å². The molecule has 2 aromatic carbocycles. The van der Waals surface area contributed by atoms with Crippen LogP contribution in [0.4, 0.5) is 10.5 Å². The number of anilines is 1. The summed E-state index contributed by atoms with van der Waals surface area (Å²) in [7, 11) is 1.81. The zero-order valence-electron chi connectivity index (χ0n) is 15.7. The van der Waals surface area contributed by atoms with E-state index in [0.29, 0.717) is 13.1 Å². The van der Waals surface area contributed by atoms with Crippen LogP contribution < -0.4 is 10.2 Å². The van der Waals surface area contributed by atoms with Crippen LogP contribution in [-0.2, 0) is 17.7 Å². The lowest BCUT2D eigenvalue weighted by atomic mass is 10.1. The number of nitrogens with one attached hydrogen (secondary N) is 1. The quantitative estimate of drug-likeness (QED) is 0.824. The summed E-state index contributed by atoms with van der Waals surface area (Å²) in [6, 6.07) is 16.0. The maximum atomic E-state index is 12.3. The third kappa shape index (κ3) is 5.88. The Hall–Kier alpha value is -2.24. The highest BCUT2D eigenvalue weighted by Gasteiger charge is 2.12. The Balaban J connectivity index is 1.44. The second-order valence-corrected chi connectivity index (χ2v) is 7.17. The molecule has 2 aromatic rings. The molecule has 0 aliphatic carbocycles. The van der Waals surface area contributed by atoms with Gasteiger partial charge in [-0.2, -0.15) is 0 Å². The summed E-state index contributed by atoms with van der Waals surface area (Å²) in [5, 5.41) is 3.67. The molecule has 1 aliphatic rings. The van der Waals surface area contributed by atoms with Crippen LogP contribution in [0.15, 0.2) is 48.5 Å². The molecule has 0 radical (unpaired) electrons. The lowest BCUT2D eigenvalue weighted by molar-refractivity contribution is 0.122. The Labute approximate surface area is 165 Å². The van der Waals surface area contributed by atoms with E-state index in [0.717, 1.165) is 48.9 Å². The monoisotopic (exact) mass is 387 g/mol. The van der Waals surface area contributed by atoms with E-state index >= 15 is 0 Å². The molecule has 5 nitrogen and oxygen atoms in total. The molecule has 0 spiro atoms. The summed E-state index contributed by atoms with van der Waals surface area (Å²) in [6.45, 7) is 4.56. The van der Waals surface area contributed by atoms with Crippen LogP contribution in [0.2, 0.25) is 5.02 Å². The number of rotatable bonds is 6. The SMILES string of the molecule is CN(Cc1ccc(N2CCOCC2)cc1)C(=O)NCCc1cccc(Cl)c1. The van der Waals surface area contributed by atoms with Crippen molar-refractivity contribution >= 4 is 23.3 Å². The number of urea groups is 1. The second-order valence-electron chi connectivity index (χ2n) is 6.73. The number of morpholine rings is 1. The van der Waals surface area contributed by atoms with E-state index in [4.69, 9.17) is 16.3 Å². The zero-order valence-corrected chi connectivity index (χ0v) is 16.4. The molecule has 1 aliphatic heterocycles. The number of ether oxygens (including phenoxy) is 1. The molecule has 0 saturated carbocycles. The van der Waals surface area contributed by atoms with Gasteiger partial charge in [-0.15, -0.1) is 0 Å². The molecule has 1 N–H and O–H groups in total. The predicted molar refractivity (Wildman–Crippen MR) is 109 cm³/mol. The summed E-state index contributed by atoms with van der Waals surface area (Å²) in [5.41, 5.74) is 3.43. The van der Waals surface area contributed by atoms with E-state index in [1.54, 1.807) is 4.90 Å². The molecule has 1 saturated heterocycles. The van der Waals surface area contributed by atoms with Crippen LogP contribution >= 0.6 is 11.6 Å². The van der Waals surface area contributed by atoms with Gasteiger partial charge in [-0.1, -0.05) is 35.9 Å². The fraction of sp³-hybridized carbons (Fsp3) is 0.381. The van der Waals surface area contributed by atoms with Gasteiger partial charge in [0.2, 0.25) is 0 Å². The molecule has 1 fully saturated rings. The normalized spacial score (nSPS) is 14.1. The van der Waals surface area contributed by atoms with Gasteiger partial charge in [0.15, 0.2) is 0 Å². The van der Waals surface area contributed by atoms with Crippen LogP contribution in [0.1, 0.15) is 11.1 Å². The van der Waals surface area contributed by atoms with Crippen molar-refractivity contribution in [2.45, 2.75) is 13.0 Å². The van der Waals surface area contributed by atoms with Crippen molar-refractivity contribution in [2.24, 2.45) is 0 Å². The van der Waals surface area contributed by atoms with Gasteiger partial charge in [-0.25, -0.2) is 4.79 Å². The number of carbonyl (C=O) groups excluding carboxylic acids is 1. The number of benzene rings is 2. The Morgan fingerprint density at radius 2 is 1.89 bits per heavy atom. The topological polar surface area (TPSA) is 44.8 Å². The van der Waals surface area contributed by atoms with E-state index in [-0.39, 0.29) is 6.03 Å². The molecule has 3 rings (SSSR count). The number of halogens is 1. The molecule has 1 heterocycles. The van der Waals surface area contributed by atoms with Gasteiger partial charge in [-0.3, -0.25) is 0 Å². The van der Waals surface area contributed by atoms with E-state index in [2.05, 4.69) is 34.5 Å². The summed E-state index contributed by atoms with van der Waals surface area (Å²) < 4.78 is 5.39. The third-order valence-corrected chi connectivity index (χ3v) is 4.89. The molecule has 27 heavy (non-hydrogen) atoms. The van der Waals surface area contributed by atoms with Crippen LogP contribution in [0.3, 0.4) is 0 Å². The van der Waals surface area contributed by atoms with Crippen molar-refractivity contribution < 1.29 is 9.53 Å². The maximum Gasteiger partial charge on any atom is 0.317 e. The first-order valence-electron chi connectivity index (χ1n) is 9.27. The van der Waals surface area contributed by atoms with Crippen LogP contribution in [0, 0.1) is 0 Å². The largest absolute Gasteiger partial charge is 0.378 e. The molecule has 6 heteroatoms. The van der Waals surface area contributed by atoms with Gasteiger partial charge in [-0.05, 0) is 41.8 Å². The van der Waals surface area contributed by atoms with Crippen molar-refractivity contribution in [2.75, 3.05) is 44.8 Å². The van der Waals surface area contributed by atoms with Crippen molar-refractivity contribution in [3.63, 3.8) is 0 Å². The van der Waals surface area contributed by atoms with Crippen LogP contribution in [0.25, 0.3) is 0 Å². The van der Waals surface area contributed by atoms with Gasteiger partial charge in [0, 0.05) is 43.9 Å². The molecule has 144 valence electrons. The average molecular weight is 388 g/mol. The minimum absolute atomic E-state index is 0.0747. The second kappa shape index (κ2) is 9.62. The highest BCUT2D eigenvalue weighted by atomic mass is 35.5. The molecular weight excluding hydrogens is 362 g/mol. The van der Waals surface area contributed by atoms with Crippen molar-refractivity contribution in [1.29, 1.82) is 0 Å². The first-order valence-corrected chi connectivity index (χ1v) is 9.64. The Kier molecular flexibility index (Phi) is 6.96. The first-order chi connectivity index (χ1) is 13.1. The molecular formula is C21H26ClN3O2.